The molecular formula is C18H14N2O5S. The molecule has 26 heavy (non-hydrogen) atoms. The number of aromatic nitrogens is 2. The van der Waals surface area contributed by atoms with E-state index in [2.05, 4.69) is 9.72 Å². The molecule has 0 fully saturated rings. The van der Waals surface area contributed by atoms with Crippen molar-refractivity contribution >= 4 is 21.8 Å². The third-order valence-electron chi connectivity index (χ3n) is 3.72. The van der Waals surface area contributed by atoms with Gasteiger partial charge in [-0.1, -0.05) is 18.2 Å². The van der Waals surface area contributed by atoms with E-state index in [0.29, 0.717) is 0 Å². The van der Waals surface area contributed by atoms with Gasteiger partial charge in [-0.25, -0.2) is 17.2 Å². The Balaban J connectivity index is 1.99. The second-order valence-electron chi connectivity index (χ2n) is 5.29. The van der Waals surface area contributed by atoms with Crippen LogP contribution in [0.3, 0.4) is 0 Å². The highest BCUT2D eigenvalue weighted by molar-refractivity contribution is 7.90. The van der Waals surface area contributed by atoms with Gasteiger partial charge in [-0.2, -0.15) is 0 Å². The van der Waals surface area contributed by atoms with E-state index in [4.69, 9.17) is 0 Å². The standard InChI is InChI=1S/C18H14N2O5S/c1-25-18(22)16-11-19-9-7-15(16)17(21)13-8-10-20(12-13)26(23,24)14-5-3-2-4-6-14/h2-12H,1H3. The predicted octanol–water partition coefficient (Wildman–Crippen LogP) is 2.14. The first kappa shape index (κ1) is 17.6. The molecule has 0 saturated heterocycles. The number of carbonyl (C=O) groups excluding carboxylic acids is 2. The highest BCUT2D eigenvalue weighted by Gasteiger charge is 2.22. The van der Waals surface area contributed by atoms with Gasteiger partial charge in [0.05, 0.1) is 17.6 Å². The SMILES string of the molecule is COC(=O)c1cnccc1C(=O)c1ccn(S(=O)(=O)c2ccccc2)c1. The largest absolute Gasteiger partial charge is 0.465 e. The number of ketones is 1. The Bertz CT molecular complexity index is 1070. The van der Waals surface area contributed by atoms with Gasteiger partial charge in [0.2, 0.25) is 0 Å². The number of hydrogen-bond donors (Lipinski definition) is 0. The minimum Gasteiger partial charge on any atom is -0.465 e. The molecule has 0 bridgehead atoms. The molecular weight excluding hydrogens is 356 g/mol. The molecule has 7 nitrogen and oxygen atoms in total. The summed E-state index contributed by atoms with van der Waals surface area (Å²) < 4.78 is 30.8. The molecule has 0 aliphatic rings. The summed E-state index contributed by atoms with van der Waals surface area (Å²) >= 11 is 0. The predicted molar refractivity (Wildman–Crippen MR) is 92.5 cm³/mol. The average Bonchev–Trinajstić information content (AvgIpc) is 3.18. The second kappa shape index (κ2) is 6.93. The molecule has 0 aliphatic heterocycles. The zero-order valence-corrected chi connectivity index (χ0v) is 14.5. The molecule has 0 spiro atoms. The maximum absolute atomic E-state index is 12.7. The quantitative estimate of drug-likeness (QED) is 0.504. The lowest BCUT2D eigenvalue weighted by Crippen LogP contribution is -2.13. The number of carbonyl (C=O) groups is 2. The number of esters is 1. The number of benzene rings is 1. The molecule has 0 atom stereocenters. The first-order chi connectivity index (χ1) is 12.4. The van der Waals surface area contributed by atoms with Gasteiger partial charge in [-0.3, -0.25) is 9.78 Å². The highest BCUT2D eigenvalue weighted by Crippen LogP contribution is 2.18. The van der Waals surface area contributed by atoms with E-state index in [1.807, 2.05) is 0 Å². The number of nitrogens with zero attached hydrogens (tertiary/aromatic N) is 2. The molecule has 2 heterocycles. The first-order valence-electron chi connectivity index (χ1n) is 7.51. The van der Waals surface area contributed by atoms with Crippen LogP contribution in [0.15, 0.2) is 72.1 Å². The fourth-order valence-corrected chi connectivity index (χ4v) is 3.61. The highest BCUT2D eigenvalue weighted by atomic mass is 32.2. The first-order valence-corrected chi connectivity index (χ1v) is 8.95. The van der Waals surface area contributed by atoms with E-state index in [1.165, 1.54) is 56.2 Å². The van der Waals surface area contributed by atoms with Gasteiger partial charge in [0, 0.05) is 35.9 Å². The summed E-state index contributed by atoms with van der Waals surface area (Å²) in [5, 5.41) is 0. The Kier molecular flexibility index (Phi) is 4.68. The van der Waals surface area contributed by atoms with E-state index in [9.17, 15) is 18.0 Å². The summed E-state index contributed by atoms with van der Waals surface area (Å²) in [5.41, 5.74) is 0.223. The Morgan fingerprint density at radius 2 is 1.77 bits per heavy atom. The van der Waals surface area contributed by atoms with Gasteiger partial charge in [-0.15, -0.1) is 0 Å². The third-order valence-corrected chi connectivity index (χ3v) is 5.37. The van der Waals surface area contributed by atoms with E-state index >= 15 is 0 Å². The van der Waals surface area contributed by atoms with Crippen LogP contribution in [0.2, 0.25) is 0 Å². The number of methoxy groups -OCH3 is 1. The monoisotopic (exact) mass is 370 g/mol. The number of hydrogen-bond acceptors (Lipinski definition) is 6. The van der Waals surface area contributed by atoms with E-state index < -0.39 is 21.8 Å². The van der Waals surface area contributed by atoms with Crippen LogP contribution < -0.4 is 0 Å². The molecule has 0 amide bonds. The zero-order chi connectivity index (χ0) is 18.7. The maximum Gasteiger partial charge on any atom is 0.340 e. The van der Waals surface area contributed by atoms with Gasteiger partial charge >= 0.3 is 5.97 Å². The number of pyridine rings is 1. The summed E-state index contributed by atoms with van der Waals surface area (Å²) in [6, 6.07) is 10.6. The van der Waals surface area contributed by atoms with E-state index in [0.717, 1.165) is 3.97 Å². The fourth-order valence-electron chi connectivity index (χ4n) is 2.40. The summed E-state index contributed by atoms with van der Waals surface area (Å²) in [4.78, 5) is 28.5. The molecule has 1 aromatic carbocycles. The topological polar surface area (TPSA) is 95.3 Å². The number of rotatable bonds is 5. The lowest BCUT2D eigenvalue weighted by molar-refractivity contribution is 0.0597. The van der Waals surface area contributed by atoms with Gasteiger partial charge in [0.1, 0.15) is 0 Å². The Labute approximate surface area is 149 Å². The molecule has 0 aliphatic carbocycles. The van der Waals surface area contributed by atoms with Crippen molar-refractivity contribution in [1.82, 2.24) is 8.96 Å². The Hall–Kier alpha value is -3.26. The van der Waals surface area contributed by atoms with Crippen LogP contribution in [0.5, 0.6) is 0 Å². The lowest BCUT2D eigenvalue weighted by atomic mass is 10.0. The average molecular weight is 370 g/mol. The Morgan fingerprint density at radius 3 is 2.46 bits per heavy atom. The van der Waals surface area contributed by atoms with Gasteiger partial charge in [-0.05, 0) is 24.3 Å². The normalized spacial score (nSPS) is 11.1. The van der Waals surface area contributed by atoms with E-state index in [-0.39, 0.29) is 21.6 Å². The van der Waals surface area contributed by atoms with Gasteiger partial charge in [0.15, 0.2) is 5.78 Å². The van der Waals surface area contributed by atoms with Crippen molar-refractivity contribution < 1.29 is 22.7 Å². The molecule has 3 aromatic rings. The molecule has 0 N–H and O–H groups in total. The van der Waals surface area contributed by atoms with Crippen molar-refractivity contribution in [2.75, 3.05) is 7.11 Å². The Morgan fingerprint density at radius 1 is 1.04 bits per heavy atom. The van der Waals surface area contributed by atoms with Crippen molar-refractivity contribution in [2.24, 2.45) is 0 Å². The molecule has 0 unspecified atom stereocenters. The molecule has 0 saturated carbocycles. The van der Waals surface area contributed by atoms with Crippen LogP contribution >= 0.6 is 0 Å². The maximum atomic E-state index is 12.7. The minimum absolute atomic E-state index is 0.0127. The molecule has 2 aromatic heterocycles. The van der Waals surface area contributed by atoms with Gasteiger partial charge in [0.25, 0.3) is 10.0 Å². The summed E-state index contributed by atoms with van der Waals surface area (Å²) in [6.07, 6.45) is 5.11. The summed E-state index contributed by atoms with van der Waals surface area (Å²) in [5.74, 6) is -1.20. The van der Waals surface area contributed by atoms with Crippen LogP contribution in [0, 0.1) is 0 Å². The molecule has 8 heteroatoms. The number of ether oxygens (including phenoxy) is 1. The molecule has 0 radical (unpaired) electrons. The van der Waals surface area contributed by atoms with Crippen LogP contribution in [-0.4, -0.2) is 36.2 Å². The third kappa shape index (κ3) is 3.14. The minimum atomic E-state index is -3.80. The van der Waals surface area contributed by atoms with Crippen LogP contribution in [0.25, 0.3) is 0 Å². The zero-order valence-electron chi connectivity index (χ0n) is 13.7. The van der Waals surface area contributed by atoms with Crippen LogP contribution in [0.4, 0.5) is 0 Å². The van der Waals surface area contributed by atoms with Crippen molar-refractivity contribution in [1.29, 1.82) is 0 Å². The van der Waals surface area contributed by atoms with E-state index in [1.54, 1.807) is 18.2 Å². The van der Waals surface area contributed by atoms with Crippen LogP contribution in [0.1, 0.15) is 26.3 Å². The molecule has 3 rings (SSSR count). The van der Waals surface area contributed by atoms with Crippen molar-refractivity contribution in [3.05, 3.63) is 83.9 Å². The lowest BCUT2D eigenvalue weighted by Gasteiger charge is -2.06. The molecule has 132 valence electrons. The van der Waals surface area contributed by atoms with Crippen LogP contribution in [-0.2, 0) is 14.8 Å². The van der Waals surface area contributed by atoms with Gasteiger partial charge < -0.3 is 4.74 Å². The van der Waals surface area contributed by atoms with Crippen molar-refractivity contribution in [3.63, 3.8) is 0 Å². The van der Waals surface area contributed by atoms with Crippen molar-refractivity contribution in [2.45, 2.75) is 4.90 Å². The summed E-state index contributed by atoms with van der Waals surface area (Å²) in [6.45, 7) is 0. The smallest absolute Gasteiger partial charge is 0.340 e. The van der Waals surface area contributed by atoms with Crippen molar-refractivity contribution in [3.8, 4) is 0 Å². The second-order valence-corrected chi connectivity index (χ2v) is 7.13. The fraction of sp³-hybridized carbons (Fsp3) is 0.0556. The summed E-state index contributed by atoms with van der Waals surface area (Å²) in [7, 11) is -2.60.